The van der Waals surface area contributed by atoms with Crippen LogP contribution in [-0.2, 0) is 17.0 Å². The summed E-state index contributed by atoms with van der Waals surface area (Å²) in [7, 11) is -1.60. The smallest absolute Gasteiger partial charge is 0.249 e. The van der Waals surface area contributed by atoms with Crippen LogP contribution < -0.4 is 0 Å². The monoisotopic (exact) mass is 284 g/mol. The molecule has 0 aromatic heterocycles. The summed E-state index contributed by atoms with van der Waals surface area (Å²) in [6.07, 6.45) is -4.43. The van der Waals surface area contributed by atoms with Crippen molar-refractivity contribution in [1.29, 1.82) is 0 Å². The molecule has 1 nitrogen and oxygen atoms in total. The molecule has 2 aromatic carbocycles. The van der Waals surface area contributed by atoms with Crippen LogP contribution in [0.4, 0.5) is 13.2 Å². The molecule has 0 fully saturated rings. The molecule has 100 valence electrons. The summed E-state index contributed by atoms with van der Waals surface area (Å²) >= 11 is 0. The van der Waals surface area contributed by atoms with Gasteiger partial charge in [-0.25, -0.2) is 4.21 Å². The molecule has 5 heteroatoms. The van der Waals surface area contributed by atoms with Crippen molar-refractivity contribution < 1.29 is 17.4 Å². The van der Waals surface area contributed by atoms with Crippen LogP contribution in [0.3, 0.4) is 0 Å². The highest BCUT2D eigenvalue weighted by atomic mass is 32.2. The molecule has 0 heterocycles. The topological polar surface area (TPSA) is 17.1 Å². The van der Waals surface area contributed by atoms with Gasteiger partial charge in [0.1, 0.15) is 0 Å². The van der Waals surface area contributed by atoms with Crippen molar-refractivity contribution in [3.8, 4) is 0 Å². The number of hydrogen-bond donors (Lipinski definition) is 0. The lowest BCUT2D eigenvalue weighted by Gasteiger charge is -2.10. The van der Waals surface area contributed by atoms with Gasteiger partial charge < -0.3 is 0 Å². The summed E-state index contributed by atoms with van der Waals surface area (Å²) in [5, 5.41) is 0. The zero-order chi connectivity index (χ0) is 14.0. The highest BCUT2D eigenvalue weighted by Gasteiger charge is 2.31. The van der Waals surface area contributed by atoms with E-state index in [2.05, 4.69) is 0 Å². The SMILES string of the molecule is Cc1cc(S(=O)c2ccccc2)cc(C(F)(F)F)c1. The molecule has 0 saturated heterocycles. The van der Waals surface area contributed by atoms with Gasteiger partial charge >= 0.3 is 6.18 Å². The Kier molecular flexibility index (Phi) is 3.75. The zero-order valence-electron chi connectivity index (χ0n) is 10.1. The fourth-order valence-corrected chi connectivity index (χ4v) is 2.90. The van der Waals surface area contributed by atoms with Crippen LogP contribution in [0.25, 0.3) is 0 Å². The Hall–Kier alpha value is -1.62. The predicted octanol–water partition coefficient (Wildman–Crippen LogP) is 4.18. The molecular weight excluding hydrogens is 273 g/mol. The summed E-state index contributed by atoms with van der Waals surface area (Å²) in [4.78, 5) is 0.653. The summed E-state index contributed by atoms with van der Waals surface area (Å²) in [6.45, 7) is 1.56. The van der Waals surface area contributed by atoms with Crippen LogP contribution in [0.1, 0.15) is 11.1 Å². The zero-order valence-corrected chi connectivity index (χ0v) is 10.9. The van der Waals surface area contributed by atoms with E-state index in [4.69, 9.17) is 0 Å². The lowest BCUT2D eigenvalue weighted by atomic mass is 10.1. The molecule has 0 spiro atoms. The largest absolute Gasteiger partial charge is 0.416 e. The van der Waals surface area contributed by atoms with Gasteiger partial charge in [-0.1, -0.05) is 18.2 Å². The number of rotatable bonds is 2. The maximum atomic E-state index is 12.7. The number of halogens is 3. The number of alkyl halides is 3. The van der Waals surface area contributed by atoms with E-state index in [0.29, 0.717) is 10.5 Å². The summed E-state index contributed by atoms with van der Waals surface area (Å²) in [5.41, 5.74) is -0.333. The van der Waals surface area contributed by atoms with E-state index in [0.717, 1.165) is 12.1 Å². The van der Waals surface area contributed by atoms with E-state index >= 15 is 0 Å². The molecule has 19 heavy (non-hydrogen) atoms. The molecule has 2 rings (SSSR count). The minimum atomic E-state index is -4.43. The summed E-state index contributed by atoms with van der Waals surface area (Å²) in [5.74, 6) is 0. The van der Waals surface area contributed by atoms with Crippen molar-refractivity contribution >= 4 is 10.8 Å². The first-order valence-corrected chi connectivity index (χ1v) is 6.68. The third-order valence-corrected chi connectivity index (χ3v) is 3.91. The Bertz CT molecular complexity index is 606. The van der Waals surface area contributed by atoms with Crippen molar-refractivity contribution in [2.24, 2.45) is 0 Å². The molecule has 0 aliphatic heterocycles. The maximum Gasteiger partial charge on any atom is 0.416 e. The molecule has 1 unspecified atom stereocenters. The highest BCUT2D eigenvalue weighted by Crippen LogP contribution is 2.32. The average Bonchev–Trinajstić information content (AvgIpc) is 2.37. The van der Waals surface area contributed by atoms with E-state index in [9.17, 15) is 17.4 Å². The first-order valence-electron chi connectivity index (χ1n) is 5.53. The standard InChI is InChI=1S/C14H11F3OS/c1-10-7-11(14(15,16)17)9-13(8-10)19(18)12-5-3-2-4-6-12/h2-9H,1H3. The first-order chi connectivity index (χ1) is 8.88. The predicted molar refractivity (Wildman–Crippen MR) is 67.3 cm³/mol. The van der Waals surface area contributed by atoms with Gasteiger partial charge in [-0.05, 0) is 42.8 Å². The summed E-state index contributed by atoms with van der Waals surface area (Å²) < 4.78 is 50.4. The minimum absolute atomic E-state index is 0.165. The highest BCUT2D eigenvalue weighted by molar-refractivity contribution is 7.85. The van der Waals surface area contributed by atoms with Crippen LogP contribution in [0.2, 0.25) is 0 Å². The molecule has 0 bridgehead atoms. The molecule has 0 N–H and O–H groups in total. The normalized spacial score (nSPS) is 13.3. The lowest BCUT2D eigenvalue weighted by molar-refractivity contribution is -0.137. The van der Waals surface area contributed by atoms with Gasteiger partial charge in [0.2, 0.25) is 0 Å². The fourth-order valence-electron chi connectivity index (χ4n) is 1.70. The van der Waals surface area contributed by atoms with E-state index in [1.165, 1.54) is 6.07 Å². The Morgan fingerprint density at radius 2 is 1.58 bits per heavy atom. The van der Waals surface area contributed by atoms with Crippen molar-refractivity contribution in [2.75, 3.05) is 0 Å². The van der Waals surface area contributed by atoms with Crippen LogP contribution in [0, 0.1) is 6.92 Å². The fraction of sp³-hybridized carbons (Fsp3) is 0.143. The van der Waals surface area contributed by atoms with Crippen LogP contribution >= 0.6 is 0 Å². The molecule has 1 atom stereocenters. The molecule has 0 aliphatic carbocycles. The molecule has 0 radical (unpaired) electrons. The second kappa shape index (κ2) is 5.17. The quantitative estimate of drug-likeness (QED) is 0.808. The van der Waals surface area contributed by atoms with Crippen LogP contribution in [0.15, 0.2) is 58.3 Å². The Morgan fingerprint density at radius 3 is 2.16 bits per heavy atom. The second-order valence-electron chi connectivity index (χ2n) is 4.11. The molecule has 0 saturated carbocycles. The molecule has 0 aliphatic rings. The number of benzene rings is 2. The van der Waals surface area contributed by atoms with Crippen molar-refractivity contribution in [3.63, 3.8) is 0 Å². The Balaban J connectivity index is 2.46. The van der Waals surface area contributed by atoms with E-state index < -0.39 is 22.5 Å². The second-order valence-corrected chi connectivity index (χ2v) is 5.59. The third-order valence-electron chi connectivity index (χ3n) is 2.55. The van der Waals surface area contributed by atoms with Gasteiger partial charge in [0, 0.05) is 9.79 Å². The van der Waals surface area contributed by atoms with Gasteiger partial charge in [0.25, 0.3) is 0 Å². The van der Waals surface area contributed by atoms with Crippen molar-refractivity contribution in [2.45, 2.75) is 22.9 Å². The molecular formula is C14H11F3OS. The van der Waals surface area contributed by atoms with Gasteiger partial charge in [-0.15, -0.1) is 0 Å². The van der Waals surface area contributed by atoms with Crippen molar-refractivity contribution in [3.05, 3.63) is 59.7 Å². The van der Waals surface area contributed by atoms with Gasteiger partial charge in [-0.3, -0.25) is 0 Å². The van der Waals surface area contributed by atoms with Crippen molar-refractivity contribution in [1.82, 2.24) is 0 Å². The first kappa shape index (κ1) is 13.8. The minimum Gasteiger partial charge on any atom is -0.249 e. The summed E-state index contributed by atoms with van der Waals surface area (Å²) in [6, 6.07) is 11.9. The van der Waals surface area contributed by atoms with Gasteiger partial charge in [0.15, 0.2) is 0 Å². The van der Waals surface area contributed by atoms with Crippen LogP contribution in [-0.4, -0.2) is 4.21 Å². The number of aryl methyl sites for hydroxylation is 1. The maximum absolute atomic E-state index is 12.7. The third kappa shape index (κ3) is 3.23. The van der Waals surface area contributed by atoms with E-state index in [-0.39, 0.29) is 4.90 Å². The Morgan fingerprint density at radius 1 is 0.947 bits per heavy atom. The number of hydrogen-bond acceptors (Lipinski definition) is 1. The Labute approximate surface area is 111 Å². The van der Waals surface area contributed by atoms with Crippen LogP contribution in [0.5, 0.6) is 0 Å². The van der Waals surface area contributed by atoms with Gasteiger partial charge in [0.05, 0.1) is 16.4 Å². The molecule has 0 amide bonds. The van der Waals surface area contributed by atoms with Gasteiger partial charge in [-0.2, -0.15) is 13.2 Å². The van der Waals surface area contributed by atoms with E-state index in [1.54, 1.807) is 37.3 Å². The lowest BCUT2D eigenvalue weighted by Crippen LogP contribution is -2.06. The molecule has 2 aromatic rings. The van der Waals surface area contributed by atoms with E-state index in [1.807, 2.05) is 0 Å². The average molecular weight is 284 g/mol.